The van der Waals surface area contributed by atoms with E-state index in [9.17, 15) is 0 Å². The first kappa shape index (κ1) is 9.21. The summed E-state index contributed by atoms with van der Waals surface area (Å²) in [7, 11) is 0. The van der Waals surface area contributed by atoms with Gasteiger partial charge in [-0.2, -0.15) is 0 Å². The number of rotatable bonds is 0. The summed E-state index contributed by atoms with van der Waals surface area (Å²) in [6, 6.07) is 0. The van der Waals surface area contributed by atoms with Crippen molar-refractivity contribution >= 4 is 19.6 Å². The van der Waals surface area contributed by atoms with Crippen LogP contribution in [0.5, 0.6) is 0 Å². The third-order valence-electron chi connectivity index (χ3n) is 0. The van der Waals surface area contributed by atoms with Gasteiger partial charge in [0.15, 0.2) is 0 Å². The zero-order valence-corrected chi connectivity index (χ0v) is 6.12. The van der Waals surface area contributed by atoms with Crippen molar-refractivity contribution in [2.24, 2.45) is 0 Å². The van der Waals surface area contributed by atoms with Crippen LogP contribution in [0.15, 0.2) is 0 Å². The van der Waals surface area contributed by atoms with Crippen molar-refractivity contribution in [2.45, 2.75) is 14.9 Å². The Bertz CT molecular complexity index is 11.6. The van der Waals surface area contributed by atoms with Crippen LogP contribution in [0.25, 0.3) is 0 Å². The molecule has 0 unspecified atom stereocenters. The summed E-state index contributed by atoms with van der Waals surface area (Å²) in [6.07, 6.45) is 0. The van der Waals surface area contributed by atoms with Crippen LogP contribution in [0.1, 0.15) is 0 Å². The first-order chi connectivity index (χ1) is 1.73. The van der Waals surface area contributed by atoms with Crippen LogP contribution >= 0.6 is 0 Å². The zero-order valence-electron chi connectivity index (χ0n) is 3.79. The predicted octanol–water partition coefficient (Wildman–Crippen LogP) is -1.63. The van der Waals surface area contributed by atoms with E-state index in [1.165, 1.54) is 0 Å². The third kappa shape index (κ3) is 67.4. The molecule has 0 aromatic heterocycles. The van der Waals surface area contributed by atoms with E-state index in [-0.39, 0.29) is 24.3 Å². The Morgan fingerprint density at radius 1 is 1.00 bits per heavy atom. The van der Waals surface area contributed by atoms with Crippen LogP contribution in [-0.2, 0) is 0 Å². The van der Waals surface area contributed by atoms with Crippen LogP contribution in [0.4, 0.5) is 0 Å². The predicted molar refractivity (Wildman–Crippen MR) is 23.3 cm³/mol. The van der Waals surface area contributed by atoms with Gasteiger partial charge in [0, 0.05) is 0 Å². The van der Waals surface area contributed by atoms with Gasteiger partial charge in [-0.05, 0) is 0 Å². The van der Waals surface area contributed by atoms with E-state index in [0.717, 1.165) is 0 Å². The molecule has 0 heterocycles. The molecule has 0 rings (SSSR count). The van der Waals surface area contributed by atoms with Gasteiger partial charge in [-0.3, -0.25) is 0 Å². The Morgan fingerprint density at radius 3 is 1.00 bits per heavy atom. The van der Waals surface area contributed by atoms with Gasteiger partial charge >= 0.3 is 34.5 Å². The molecule has 0 saturated carbocycles. The van der Waals surface area contributed by atoms with Gasteiger partial charge in [0.25, 0.3) is 0 Å². The maximum Gasteiger partial charge on any atom is -1.00 e. The molecule has 0 spiro atoms. The van der Waals surface area contributed by atoms with Crippen LogP contribution in [0.2, 0.25) is 14.9 Å². The first-order valence-corrected chi connectivity index (χ1v) is 8.22. The molecule has 0 N–H and O–H groups in total. The summed E-state index contributed by atoms with van der Waals surface area (Å²) in [5.74, 6) is 0. The van der Waals surface area contributed by atoms with E-state index >= 15 is 0 Å². The molecule has 0 amide bonds. The average Bonchev–Trinajstić information content (AvgIpc) is 0.811. The summed E-state index contributed by atoms with van der Waals surface area (Å²) in [4.78, 5) is 7.01. The molecule has 0 radical (unpaired) electrons. The number of halogens is 1. The van der Waals surface area contributed by atoms with Crippen LogP contribution in [-0.4, -0.2) is 19.6 Å². The summed E-state index contributed by atoms with van der Waals surface area (Å²) >= 11 is -0.357. The van der Waals surface area contributed by atoms with Crippen molar-refractivity contribution in [3.8, 4) is 0 Å². The van der Waals surface area contributed by atoms with Crippen molar-refractivity contribution in [1.29, 1.82) is 0 Å². The standard InChI is InChI=1S/C3H9Te.FH/c1-4(2)3;/h1-3H3;1H/q+1;/p-1. The molecule has 2 heteroatoms. The van der Waals surface area contributed by atoms with Gasteiger partial charge in [-0.15, -0.1) is 0 Å². The van der Waals surface area contributed by atoms with Gasteiger partial charge in [0.2, 0.25) is 0 Å². The van der Waals surface area contributed by atoms with Crippen molar-refractivity contribution in [3.63, 3.8) is 0 Å². The van der Waals surface area contributed by atoms with Crippen molar-refractivity contribution < 1.29 is 4.70 Å². The Labute approximate surface area is 39.6 Å². The Kier molecular flexibility index (Phi) is 8.69. The molecule has 0 aliphatic heterocycles. The van der Waals surface area contributed by atoms with Gasteiger partial charge in [0.1, 0.15) is 0 Å². The summed E-state index contributed by atoms with van der Waals surface area (Å²) in [5, 5.41) is 0. The van der Waals surface area contributed by atoms with E-state index in [1.807, 2.05) is 0 Å². The molecular weight excluding hydrogens is 183 g/mol. The minimum atomic E-state index is -0.357. The molecule has 0 aromatic carbocycles. The molecule has 0 fully saturated rings. The maximum atomic E-state index is 2.34. The molecular formula is C3H9FTe. The fraction of sp³-hybridized carbons (Fsp3) is 1.00. The second kappa shape index (κ2) is 4.72. The van der Waals surface area contributed by atoms with Crippen LogP contribution < -0.4 is 4.70 Å². The van der Waals surface area contributed by atoms with Gasteiger partial charge < -0.3 is 4.70 Å². The molecule has 0 nitrogen and oxygen atoms in total. The quantitative estimate of drug-likeness (QED) is 0.404. The molecule has 5 heavy (non-hydrogen) atoms. The van der Waals surface area contributed by atoms with E-state index in [1.54, 1.807) is 0 Å². The molecule has 34 valence electrons. The molecule has 0 atom stereocenters. The summed E-state index contributed by atoms with van der Waals surface area (Å²) in [6.45, 7) is 0. The van der Waals surface area contributed by atoms with Crippen molar-refractivity contribution in [2.75, 3.05) is 0 Å². The average molecular weight is 192 g/mol. The molecule has 0 aliphatic rings. The van der Waals surface area contributed by atoms with Crippen molar-refractivity contribution in [1.82, 2.24) is 0 Å². The SMILES string of the molecule is C[Te+](C)C.[F-]. The number of hydrogen-bond acceptors (Lipinski definition) is 0. The monoisotopic (exact) mass is 194 g/mol. The Hall–Kier alpha value is 0.720. The third-order valence-corrected chi connectivity index (χ3v) is 0. The second-order valence-electron chi connectivity index (χ2n) is 1.22. The van der Waals surface area contributed by atoms with Crippen molar-refractivity contribution in [3.05, 3.63) is 0 Å². The minimum absolute atomic E-state index is 0. The van der Waals surface area contributed by atoms with Crippen LogP contribution in [0, 0.1) is 0 Å². The maximum absolute atomic E-state index is 2.34. The molecule has 0 aliphatic carbocycles. The molecule has 0 bridgehead atoms. The smallest absolute Gasteiger partial charge is 1.00 e. The topological polar surface area (TPSA) is 0 Å². The molecule has 0 saturated heterocycles. The van der Waals surface area contributed by atoms with Gasteiger partial charge in [0.05, 0.1) is 0 Å². The van der Waals surface area contributed by atoms with E-state index < -0.39 is 0 Å². The van der Waals surface area contributed by atoms with E-state index in [2.05, 4.69) is 14.9 Å². The Morgan fingerprint density at radius 2 is 1.00 bits per heavy atom. The van der Waals surface area contributed by atoms with E-state index in [4.69, 9.17) is 0 Å². The summed E-state index contributed by atoms with van der Waals surface area (Å²) < 4.78 is 0. The Balaban J connectivity index is 0. The molecule has 0 aromatic rings. The minimum Gasteiger partial charge on any atom is -1.00 e. The first-order valence-electron chi connectivity index (χ1n) is 1.22. The fourth-order valence-electron chi connectivity index (χ4n) is 0. The van der Waals surface area contributed by atoms with Gasteiger partial charge in [-0.1, -0.05) is 0 Å². The van der Waals surface area contributed by atoms with Gasteiger partial charge in [-0.25, -0.2) is 0 Å². The normalized spacial score (nSPS) is 7.20. The van der Waals surface area contributed by atoms with Crippen LogP contribution in [0.3, 0.4) is 0 Å². The second-order valence-corrected chi connectivity index (χ2v) is 8.22. The fourth-order valence-corrected chi connectivity index (χ4v) is 0. The largest absolute Gasteiger partial charge is 1.00 e. The van der Waals surface area contributed by atoms with E-state index in [0.29, 0.717) is 0 Å². The number of hydrogen-bond donors (Lipinski definition) is 0. The summed E-state index contributed by atoms with van der Waals surface area (Å²) in [5.41, 5.74) is 0. The zero-order chi connectivity index (χ0) is 3.58.